The molecule has 0 aliphatic carbocycles. The number of carbonyl (C=O) groups excluding carboxylic acids is 1. The fourth-order valence-electron chi connectivity index (χ4n) is 1.56. The van der Waals surface area contributed by atoms with E-state index in [2.05, 4.69) is 10.3 Å². The van der Waals surface area contributed by atoms with Gasteiger partial charge in [0.05, 0.1) is 17.4 Å². The number of anilines is 2. The molecule has 0 saturated carbocycles. The summed E-state index contributed by atoms with van der Waals surface area (Å²) in [5.41, 5.74) is 7.03. The fraction of sp³-hybridized carbons (Fsp3) is 0.0769. The van der Waals surface area contributed by atoms with Crippen molar-refractivity contribution in [3.05, 3.63) is 52.6 Å². The first kappa shape index (κ1) is 13.3. The van der Waals surface area contributed by atoms with Gasteiger partial charge in [-0.15, -0.1) is 0 Å². The summed E-state index contributed by atoms with van der Waals surface area (Å²) in [5, 5.41) is 2.80. The van der Waals surface area contributed by atoms with Crippen LogP contribution in [0, 0.1) is 12.7 Å². The predicted molar refractivity (Wildman–Crippen MR) is 72.7 cm³/mol. The highest BCUT2D eigenvalue weighted by Crippen LogP contribution is 2.18. The first-order chi connectivity index (χ1) is 8.97. The normalized spacial score (nSPS) is 10.3. The third kappa shape index (κ3) is 3.00. The molecular weight excluding hydrogens is 269 g/mol. The molecule has 6 heteroatoms. The van der Waals surface area contributed by atoms with E-state index in [9.17, 15) is 9.18 Å². The second-order valence-corrected chi connectivity index (χ2v) is 4.40. The van der Waals surface area contributed by atoms with E-state index in [-0.39, 0.29) is 22.2 Å². The largest absolute Gasteiger partial charge is 0.397 e. The Hall–Kier alpha value is -2.14. The molecule has 1 aromatic heterocycles. The molecule has 0 bridgehead atoms. The molecule has 0 saturated heterocycles. The molecule has 1 aromatic carbocycles. The van der Waals surface area contributed by atoms with Gasteiger partial charge in [0.15, 0.2) is 0 Å². The van der Waals surface area contributed by atoms with E-state index in [0.29, 0.717) is 11.3 Å². The van der Waals surface area contributed by atoms with Crippen LogP contribution in [0.5, 0.6) is 0 Å². The van der Waals surface area contributed by atoms with Crippen molar-refractivity contribution in [3.8, 4) is 0 Å². The maximum Gasteiger partial charge on any atom is 0.257 e. The van der Waals surface area contributed by atoms with E-state index in [1.165, 1.54) is 30.5 Å². The van der Waals surface area contributed by atoms with Crippen molar-refractivity contribution in [2.24, 2.45) is 0 Å². The van der Waals surface area contributed by atoms with Crippen molar-refractivity contribution in [2.75, 3.05) is 11.1 Å². The molecule has 0 fully saturated rings. The summed E-state index contributed by atoms with van der Waals surface area (Å²) in [7, 11) is 0. The topological polar surface area (TPSA) is 68.0 Å². The lowest BCUT2D eigenvalue weighted by Gasteiger charge is -2.08. The van der Waals surface area contributed by atoms with Gasteiger partial charge in [-0.1, -0.05) is 11.6 Å². The molecule has 0 aliphatic heterocycles. The Morgan fingerprint density at radius 2 is 2.16 bits per heavy atom. The second-order valence-electron chi connectivity index (χ2n) is 4.01. The van der Waals surface area contributed by atoms with Crippen molar-refractivity contribution >= 4 is 28.9 Å². The molecule has 4 nitrogen and oxygen atoms in total. The molecule has 1 amide bonds. The average Bonchev–Trinajstić information content (AvgIpc) is 2.36. The predicted octanol–water partition coefficient (Wildman–Crippen LogP) is 3.02. The summed E-state index contributed by atoms with van der Waals surface area (Å²) in [6, 6.07) is 5.67. The number of nitrogen functional groups attached to an aromatic ring is 1. The van der Waals surface area contributed by atoms with E-state index in [0.717, 1.165) is 0 Å². The van der Waals surface area contributed by atoms with Crippen molar-refractivity contribution in [1.29, 1.82) is 0 Å². The molecule has 2 aromatic rings. The number of amides is 1. The second kappa shape index (κ2) is 5.24. The van der Waals surface area contributed by atoms with E-state index in [4.69, 9.17) is 17.3 Å². The van der Waals surface area contributed by atoms with Crippen molar-refractivity contribution in [1.82, 2.24) is 4.98 Å². The number of carbonyl (C=O) groups is 1. The Balaban J connectivity index is 2.25. The van der Waals surface area contributed by atoms with Crippen LogP contribution in [0.2, 0.25) is 5.15 Å². The Morgan fingerprint density at radius 1 is 1.42 bits per heavy atom. The number of benzene rings is 1. The van der Waals surface area contributed by atoms with Crippen LogP contribution in [0.15, 0.2) is 30.5 Å². The minimum Gasteiger partial charge on any atom is -0.397 e. The summed E-state index contributed by atoms with van der Waals surface area (Å²) in [6.07, 6.45) is 1.31. The molecule has 3 N–H and O–H groups in total. The highest BCUT2D eigenvalue weighted by atomic mass is 35.5. The highest BCUT2D eigenvalue weighted by molar-refractivity contribution is 6.30. The number of halogens is 2. The number of aromatic nitrogens is 1. The lowest BCUT2D eigenvalue weighted by atomic mass is 10.2. The van der Waals surface area contributed by atoms with E-state index in [1.54, 1.807) is 6.92 Å². The molecule has 0 atom stereocenters. The zero-order valence-electron chi connectivity index (χ0n) is 10.1. The first-order valence-electron chi connectivity index (χ1n) is 5.46. The molecule has 0 unspecified atom stereocenters. The molecule has 19 heavy (non-hydrogen) atoms. The minimum absolute atomic E-state index is 0.176. The van der Waals surface area contributed by atoms with Gasteiger partial charge in [-0.05, 0) is 36.8 Å². The van der Waals surface area contributed by atoms with Gasteiger partial charge in [0.1, 0.15) is 11.0 Å². The molecule has 0 aliphatic rings. The standard InChI is InChI=1S/C13H11ClFN3O/c1-7-4-8(2-3-10(7)15)18-13(19)9-5-12(14)17-6-11(9)16/h2-6H,16H2,1H3,(H,18,19). The number of nitrogens with one attached hydrogen (secondary N) is 1. The van der Waals surface area contributed by atoms with Gasteiger partial charge in [-0.3, -0.25) is 4.79 Å². The highest BCUT2D eigenvalue weighted by Gasteiger charge is 2.11. The smallest absolute Gasteiger partial charge is 0.257 e. The maximum absolute atomic E-state index is 13.1. The third-order valence-electron chi connectivity index (χ3n) is 2.56. The molecule has 1 heterocycles. The molecule has 0 spiro atoms. The number of aryl methyl sites for hydroxylation is 1. The van der Waals surface area contributed by atoms with Crippen LogP contribution in [0.1, 0.15) is 15.9 Å². The quantitative estimate of drug-likeness (QED) is 0.830. The van der Waals surface area contributed by atoms with Crippen LogP contribution < -0.4 is 11.1 Å². The van der Waals surface area contributed by atoms with Gasteiger partial charge in [0.25, 0.3) is 5.91 Å². The van der Waals surface area contributed by atoms with Gasteiger partial charge in [0, 0.05) is 5.69 Å². The SMILES string of the molecule is Cc1cc(NC(=O)c2cc(Cl)ncc2N)ccc1F. The first-order valence-corrected chi connectivity index (χ1v) is 5.83. The molecular formula is C13H11ClFN3O. The lowest BCUT2D eigenvalue weighted by molar-refractivity contribution is 0.102. The van der Waals surface area contributed by atoms with Crippen molar-refractivity contribution in [3.63, 3.8) is 0 Å². The Morgan fingerprint density at radius 3 is 2.84 bits per heavy atom. The van der Waals surface area contributed by atoms with Gasteiger partial charge in [0.2, 0.25) is 0 Å². The number of hydrogen-bond donors (Lipinski definition) is 2. The zero-order chi connectivity index (χ0) is 14.0. The Kier molecular flexibility index (Phi) is 3.66. The van der Waals surface area contributed by atoms with E-state index < -0.39 is 5.91 Å². The number of pyridine rings is 1. The third-order valence-corrected chi connectivity index (χ3v) is 2.77. The van der Waals surface area contributed by atoms with E-state index in [1.807, 2.05) is 0 Å². The van der Waals surface area contributed by atoms with Gasteiger partial charge >= 0.3 is 0 Å². The van der Waals surface area contributed by atoms with Crippen LogP contribution in [0.3, 0.4) is 0 Å². The summed E-state index contributed by atoms with van der Waals surface area (Å²) < 4.78 is 13.1. The van der Waals surface area contributed by atoms with Crippen molar-refractivity contribution in [2.45, 2.75) is 6.92 Å². The summed E-state index contributed by atoms with van der Waals surface area (Å²) >= 11 is 5.71. The van der Waals surface area contributed by atoms with Crippen molar-refractivity contribution < 1.29 is 9.18 Å². The van der Waals surface area contributed by atoms with Gasteiger partial charge in [-0.2, -0.15) is 0 Å². The number of nitrogens with two attached hydrogens (primary N) is 1. The number of hydrogen-bond acceptors (Lipinski definition) is 3. The van der Waals surface area contributed by atoms with Gasteiger partial charge in [-0.25, -0.2) is 9.37 Å². The van der Waals surface area contributed by atoms with Gasteiger partial charge < -0.3 is 11.1 Å². The molecule has 98 valence electrons. The van der Waals surface area contributed by atoms with Crippen LogP contribution in [0.4, 0.5) is 15.8 Å². The van der Waals surface area contributed by atoms with Crippen LogP contribution >= 0.6 is 11.6 Å². The van der Waals surface area contributed by atoms with Crippen LogP contribution in [-0.2, 0) is 0 Å². The minimum atomic E-state index is -0.423. The maximum atomic E-state index is 13.1. The van der Waals surface area contributed by atoms with Crippen LogP contribution in [-0.4, -0.2) is 10.9 Å². The Bertz CT molecular complexity index is 646. The zero-order valence-corrected chi connectivity index (χ0v) is 10.8. The number of nitrogens with zero attached hydrogens (tertiary/aromatic N) is 1. The Labute approximate surface area is 114 Å². The summed E-state index contributed by atoms with van der Waals surface area (Å²) in [5.74, 6) is -0.753. The monoisotopic (exact) mass is 279 g/mol. The van der Waals surface area contributed by atoms with Crippen LogP contribution in [0.25, 0.3) is 0 Å². The summed E-state index contributed by atoms with van der Waals surface area (Å²) in [4.78, 5) is 15.8. The molecule has 0 radical (unpaired) electrons. The average molecular weight is 280 g/mol. The fourth-order valence-corrected chi connectivity index (χ4v) is 1.72. The van der Waals surface area contributed by atoms with E-state index >= 15 is 0 Å². The lowest BCUT2D eigenvalue weighted by Crippen LogP contribution is -2.14. The number of rotatable bonds is 2. The summed E-state index contributed by atoms with van der Waals surface area (Å²) in [6.45, 7) is 1.61. The molecule has 2 rings (SSSR count).